The Morgan fingerprint density at radius 3 is 2.62 bits per heavy atom. The average Bonchev–Trinajstić information content (AvgIpc) is 2.64. The average molecular weight is 218 g/mol. The Balaban J connectivity index is 2.14. The molecule has 0 amide bonds. The van der Waals surface area contributed by atoms with E-state index in [0.717, 1.165) is 24.9 Å². The van der Waals surface area contributed by atoms with E-state index in [0.29, 0.717) is 5.92 Å². The summed E-state index contributed by atoms with van der Waals surface area (Å²) in [4.78, 5) is 0. The molecular weight excluding hydrogens is 203 g/mol. The van der Waals surface area contributed by atoms with Gasteiger partial charge in [-0.2, -0.15) is 5.26 Å². The lowest BCUT2D eigenvalue weighted by atomic mass is 9.98. The van der Waals surface area contributed by atoms with Gasteiger partial charge >= 0.3 is 0 Å². The molecule has 0 saturated heterocycles. The third-order valence-electron chi connectivity index (χ3n) is 3.20. The molecule has 1 aromatic rings. The molecule has 1 aliphatic carbocycles. The van der Waals surface area contributed by atoms with Crippen LogP contribution in [0, 0.1) is 23.1 Å². The Labute approximate surface area is 95.1 Å². The lowest BCUT2D eigenvalue weighted by molar-refractivity contribution is 0.558. The summed E-state index contributed by atoms with van der Waals surface area (Å²) in [5, 5.41) is 12.5. The molecule has 1 fully saturated rings. The molecule has 1 aromatic carbocycles. The maximum absolute atomic E-state index is 12.7. The summed E-state index contributed by atoms with van der Waals surface area (Å²) in [6.07, 6.45) is 2.80. The lowest BCUT2D eigenvalue weighted by Crippen LogP contribution is -2.33. The largest absolute Gasteiger partial charge is 0.367 e. The molecule has 0 heterocycles. The molecule has 2 atom stereocenters. The second kappa shape index (κ2) is 4.13. The number of nitriles is 1. The monoisotopic (exact) mass is 218 g/mol. The van der Waals surface area contributed by atoms with E-state index in [1.807, 2.05) is 0 Å². The number of rotatable bonds is 2. The van der Waals surface area contributed by atoms with Gasteiger partial charge in [0.05, 0.1) is 6.07 Å². The first-order valence-corrected chi connectivity index (χ1v) is 5.58. The summed E-state index contributed by atoms with van der Waals surface area (Å²) in [6, 6.07) is 8.54. The van der Waals surface area contributed by atoms with Crippen LogP contribution in [0.5, 0.6) is 0 Å². The molecule has 2 unspecified atom stereocenters. The first-order chi connectivity index (χ1) is 7.63. The standard InChI is InChI=1S/C13H15FN2/c1-10-6-7-13(8-10,9-15)16-12-4-2-11(14)3-5-12/h2-5,10,16H,6-8H2,1H3. The zero-order chi connectivity index (χ0) is 11.6. The highest BCUT2D eigenvalue weighted by molar-refractivity contribution is 5.48. The van der Waals surface area contributed by atoms with Crippen LogP contribution in [0.4, 0.5) is 10.1 Å². The van der Waals surface area contributed by atoms with Gasteiger partial charge in [-0.3, -0.25) is 0 Å². The molecule has 1 saturated carbocycles. The predicted octanol–water partition coefficient (Wildman–Crippen LogP) is 3.32. The first kappa shape index (κ1) is 10.9. The van der Waals surface area contributed by atoms with Crippen molar-refractivity contribution in [1.82, 2.24) is 0 Å². The number of anilines is 1. The van der Waals surface area contributed by atoms with Crippen molar-refractivity contribution in [3.63, 3.8) is 0 Å². The minimum Gasteiger partial charge on any atom is -0.367 e. The van der Waals surface area contributed by atoms with Crippen LogP contribution >= 0.6 is 0 Å². The molecule has 0 spiro atoms. The van der Waals surface area contributed by atoms with E-state index in [2.05, 4.69) is 18.3 Å². The van der Waals surface area contributed by atoms with Crippen molar-refractivity contribution in [3.05, 3.63) is 30.1 Å². The fourth-order valence-corrected chi connectivity index (χ4v) is 2.34. The van der Waals surface area contributed by atoms with Crippen molar-refractivity contribution < 1.29 is 4.39 Å². The smallest absolute Gasteiger partial charge is 0.125 e. The summed E-state index contributed by atoms with van der Waals surface area (Å²) < 4.78 is 12.7. The number of hydrogen-bond donors (Lipinski definition) is 1. The maximum atomic E-state index is 12.7. The van der Waals surface area contributed by atoms with Crippen LogP contribution in [0.2, 0.25) is 0 Å². The zero-order valence-corrected chi connectivity index (χ0v) is 9.33. The number of hydrogen-bond acceptors (Lipinski definition) is 2. The Hall–Kier alpha value is -1.56. The highest BCUT2D eigenvalue weighted by Crippen LogP contribution is 2.36. The molecule has 0 aliphatic heterocycles. The Morgan fingerprint density at radius 1 is 1.44 bits per heavy atom. The molecule has 0 radical (unpaired) electrons. The van der Waals surface area contributed by atoms with Gasteiger partial charge < -0.3 is 5.32 Å². The van der Waals surface area contributed by atoms with E-state index >= 15 is 0 Å². The topological polar surface area (TPSA) is 35.8 Å². The van der Waals surface area contributed by atoms with Crippen LogP contribution in [0.25, 0.3) is 0 Å². The molecule has 2 rings (SSSR count). The lowest BCUT2D eigenvalue weighted by Gasteiger charge is -2.23. The van der Waals surface area contributed by atoms with E-state index in [-0.39, 0.29) is 5.82 Å². The van der Waals surface area contributed by atoms with E-state index in [1.165, 1.54) is 12.1 Å². The molecule has 16 heavy (non-hydrogen) atoms. The third-order valence-corrected chi connectivity index (χ3v) is 3.20. The zero-order valence-electron chi connectivity index (χ0n) is 9.33. The van der Waals surface area contributed by atoms with Crippen molar-refractivity contribution in [1.29, 1.82) is 5.26 Å². The van der Waals surface area contributed by atoms with Crippen LogP contribution in [-0.2, 0) is 0 Å². The van der Waals surface area contributed by atoms with Gasteiger partial charge in [-0.25, -0.2) is 4.39 Å². The minimum absolute atomic E-state index is 0.253. The quantitative estimate of drug-likeness (QED) is 0.826. The Bertz CT molecular complexity index is 407. The molecular formula is C13H15FN2. The highest BCUT2D eigenvalue weighted by atomic mass is 19.1. The highest BCUT2D eigenvalue weighted by Gasteiger charge is 2.37. The van der Waals surface area contributed by atoms with Crippen molar-refractivity contribution in [2.45, 2.75) is 31.7 Å². The van der Waals surface area contributed by atoms with E-state index < -0.39 is 5.54 Å². The molecule has 84 valence electrons. The summed E-state index contributed by atoms with van der Waals surface area (Å²) in [5.41, 5.74) is 0.356. The van der Waals surface area contributed by atoms with E-state index in [1.54, 1.807) is 12.1 Å². The van der Waals surface area contributed by atoms with Gasteiger partial charge in [-0.05, 0) is 49.4 Å². The van der Waals surface area contributed by atoms with Gasteiger partial charge in [0.1, 0.15) is 11.4 Å². The summed E-state index contributed by atoms with van der Waals surface area (Å²) in [5.74, 6) is 0.323. The van der Waals surface area contributed by atoms with E-state index in [9.17, 15) is 9.65 Å². The van der Waals surface area contributed by atoms with Crippen LogP contribution < -0.4 is 5.32 Å². The SMILES string of the molecule is CC1CCC(C#N)(Nc2ccc(F)cc2)C1. The summed E-state index contributed by atoms with van der Waals surface area (Å²) in [7, 11) is 0. The van der Waals surface area contributed by atoms with Crippen LogP contribution in [0.15, 0.2) is 24.3 Å². The van der Waals surface area contributed by atoms with Crippen LogP contribution in [0.3, 0.4) is 0 Å². The summed E-state index contributed by atoms with van der Waals surface area (Å²) >= 11 is 0. The number of halogens is 1. The fraction of sp³-hybridized carbons (Fsp3) is 0.462. The van der Waals surface area contributed by atoms with Crippen molar-refractivity contribution in [3.8, 4) is 6.07 Å². The van der Waals surface area contributed by atoms with Gasteiger partial charge in [0.15, 0.2) is 0 Å². The molecule has 0 bridgehead atoms. The van der Waals surface area contributed by atoms with Gasteiger partial charge in [-0.1, -0.05) is 6.92 Å². The van der Waals surface area contributed by atoms with Gasteiger partial charge in [0.2, 0.25) is 0 Å². The van der Waals surface area contributed by atoms with Gasteiger partial charge in [-0.15, -0.1) is 0 Å². The van der Waals surface area contributed by atoms with Gasteiger partial charge in [0.25, 0.3) is 0 Å². The summed E-state index contributed by atoms with van der Waals surface area (Å²) in [6.45, 7) is 2.16. The van der Waals surface area contributed by atoms with Crippen molar-refractivity contribution in [2.75, 3.05) is 5.32 Å². The van der Waals surface area contributed by atoms with Crippen LogP contribution in [-0.4, -0.2) is 5.54 Å². The third kappa shape index (κ3) is 2.16. The number of nitrogens with one attached hydrogen (secondary N) is 1. The van der Waals surface area contributed by atoms with Crippen molar-refractivity contribution in [2.24, 2.45) is 5.92 Å². The maximum Gasteiger partial charge on any atom is 0.125 e. The molecule has 1 N–H and O–H groups in total. The molecule has 2 nitrogen and oxygen atoms in total. The van der Waals surface area contributed by atoms with Crippen LogP contribution in [0.1, 0.15) is 26.2 Å². The fourth-order valence-electron chi connectivity index (χ4n) is 2.34. The number of benzene rings is 1. The molecule has 0 aromatic heterocycles. The Kier molecular flexibility index (Phi) is 2.82. The normalized spacial score (nSPS) is 28.7. The molecule has 3 heteroatoms. The van der Waals surface area contributed by atoms with E-state index in [4.69, 9.17) is 0 Å². The molecule has 1 aliphatic rings. The Morgan fingerprint density at radius 2 is 2.12 bits per heavy atom. The first-order valence-electron chi connectivity index (χ1n) is 5.58. The minimum atomic E-state index is -0.461. The predicted molar refractivity (Wildman–Crippen MR) is 61.4 cm³/mol. The second-order valence-corrected chi connectivity index (χ2v) is 4.67. The second-order valence-electron chi connectivity index (χ2n) is 4.67. The van der Waals surface area contributed by atoms with Gasteiger partial charge in [0, 0.05) is 5.69 Å². The van der Waals surface area contributed by atoms with Crippen molar-refractivity contribution >= 4 is 5.69 Å². The number of nitrogens with zero attached hydrogens (tertiary/aromatic N) is 1.